The number of imide groups is 2. The molecule has 0 bridgehead atoms. The van der Waals surface area contributed by atoms with Crippen LogP contribution in [0.4, 0.5) is 11.4 Å². The van der Waals surface area contributed by atoms with E-state index in [1.54, 1.807) is 72.8 Å². The second-order valence-corrected chi connectivity index (χ2v) is 12.2. The molecule has 2 heterocycles. The molecule has 0 aromatic heterocycles. The first-order valence-corrected chi connectivity index (χ1v) is 14.5. The van der Waals surface area contributed by atoms with E-state index in [2.05, 4.69) is 0 Å². The van der Waals surface area contributed by atoms with Crippen molar-refractivity contribution in [3.8, 4) is 5.75 Å². The molecular formula is C35H30N2O6. The van der Waals surface area contributed by atoms with E-state index in [1.165, 1.54) is 16.7 Å². The summed E-state index contributed by atoms with van der Waals surface area (Å²) in [6.45, 7) is 3.30. The van der Waals surface area contributed by atoms with Gasteiger partial charge in [0, 0.05) is 11.5 Å². The van der Waals surface area contributed by atoms with Crippen LogP contribution in [0.25, 0.3) is 0 Å². The number of carbonyl (C=O) groups is 5. The molecule has 1 N–H and O–H groups in total. The number of phenols is 1. The maximum Gasteiger partial charge on any atom is 0.241 e. The Hall–Kier alpha value is -4.85. The molecule has 7 rings (SSSR count). The fourth-order valence-electron chi connectivity index (χ4n) is 7.99. The maximum atomic E-state index is 14.3. The molecule has 6 atom stereocenters. The van der Waals surface area contributed by atoms with Gasteiger partial charge in [0.1, 0.15) is 5.75 Å². The molecule has 8 nitrogen and oxygen atoms in total. The fraction of sp³-hybridized carbons (Fsp3) is 0.286. The van der Waals surface area contributed by atoms with Crippen molar-refractivity contribution in [2.24, 2.45) is 29.1 Å². The molecule has 4 aliphatic rings. The third-order valence-electron chi connectivity index (χ3n) is 10.0. The Bertz CT molecular complexity index is 1730. The second-order valence-electron chi connectivity index (χ2n) is 12.2. The van der Waals surface area contributed by atoms with E-state index in [0.717, 1.165) is 11.1 Å². The molecule has 2 aliphatic carbocycles. The highest BCUT2D eigenvalue weighted by molar-refractivity contribution is 6.25. The number of para-hydroxylation sites is 1. The number of anilines is 2. The molecule has 8 heteroatoms. The quantitative estimate of drug-likeness (QED) is 0.266. The Morgan fingerprint density at radius 3 is 2.09 bits per heavy atom. The molecule has 3 aromatic rings. The first kappa shape index (κ1) is 27.0. The van der Waals surface area contributed by atoms with Crippen molar-refractivity contribution in [3.63, 3.8) is 0 Å². The number of phenolic OH excluding ortho intramolecular Hbond substituents is 1. The summed E-state index contributed by atoms with van der Waals surface area (Å²) >= 11 is 0. The van der Waals surface area contributed by atoms with Gasteiger partial charge < -0.3 is 5.11 Å². The third-order valence-corrected chi connectivity index (χ3v) is 10.0. The van der Waals surface area contributed by atoms with Gasteiger partial charge in [0.05, 0.1) is 34.5 Å². The van der Waals surface area contributed by atoms with E-state index in [0.29, 0.717) is 23.4 Å². The van der Waals surface area contributed by atoms with Gasteiger partial charge in [-0.15, -0.1) is 0 Å². The van der Waals surface area contributed by atoms with Gasteiger partial charge in [0.25, 0.3) is 0 Å². The largest absolute Gasteiger partial charge is 0.508 e. The monoisotopic (exact) mass is 574 g/mol. The molecular weight excluding hydrogens is 544 g/mol. The van der Waals surface area contributed by atoms with Crippen molar-refractivity contribution in [2.75, 3.05) is 9.80 Å². The SMILES string of the molecule is CC(=O)c1ccc(N2C(=O)[C@H]3[C@H](CC=C4[C@H]3C[C@H]3C(=O)N(c5ccccc5)C(=O)[C@@]3(C)[C@H]4c3ccc(O)cc3)C2=O)cc1. The number of benzene rings is 3. The molecule has 3 fully saturated rings. The Labute approximate surface area is 248 Å². The van der Waals surface area contributed by atoms with Crippen molar-refractivity contribution >= 4 is 40.8 Å². The lowest BCUT2D eigenvalue weighted by Gasteiger charge is -2.49. The number of hydrogen-bond donors (Lipinski definition) is 1. The Morgan fingerprint density at radius 1 is 0.791 bits per heavy atom. The number of carbonyl (C=O) groups excluding carboxylic acids is 5. The van der Waals surface area contributed by atoms with Crippen LogP contribution in [0, 0.1) is 29.1 Å². The normalized spacial score (nSPS) is 29.7. The van der Waals surface area contributed by atoms with Crippen LogP contribution in [-0.4, -0.2) is 34.5 Å². The average Bonchev–Trinajstić information content (AvgIpc) is 3.37. The van der Waals surface area contributed by atoms with Crippen molar-refractivity contribution in [1.82, 2.24) is 0 Å². The van der Waals surface area contributed by atoms with Crippen LogP contribution in [0.3, 0.4) is 0 Å². The van der Waals surface area contributed by atoms with Gasteiger partial charge in [-0.1, -0.05) is 42.0 Å². The van der Waals surface area contributed by atoms with Crippen LogP contribution in [-0.2, 0) is 19.2 Å². The molecule has 4 amide bonds. The minimum Gasteiger partial charge on any atom is -0.508 e. The number of Topliss-reactive ketones (excluding diaryl/α,β-unsaturated/α-hetero) is 1. The lowest BCUT2D eigenvalue weighted by molar-refractivity contribution is -0.131. The van der Waals surface area contributed by atoms with Gasteiger partial charge in [-0.2, -0.15) is 0 Å². The summed E-state index contributed by atoms with van der Waals surface area (Å²) in [5.74, 6) is -4.21. The number of ketones is 1. The summed E-state index contributed by atoms with van der Waals surface area (Å²) in [7, 11) is 0. The molecule has 2 aliphatic heterocycles. The van der Waals surface area contributed by atoms with E-state index < -0.39 is 35.0 Å². The number of nitrogens with zero attached hydrogens (tertiary/aromatic N) is 2. The van der Waals surface area contributed by atoms with E-state index >= 15 is 0 Å². The Morgan fingerprint density at radius 2 is 1.44 bits per heavy atom. The fourth-order valence-corrected chi connectivity index (χ4v) is 7.99. The average molecular weight is 575 g/mol. The highest BCUT2D eigenvalue weighted by Crippen LogP contribution is 2.63. The number of aromatic hydroxyl groups is 1. The van der Waals surface area contributed by atoms with Crippen LogP contribution in [0.5, 0.6) is 5.75 Å². The molecule has 1 saturated carbocycles. The van der Waals surface area contributed by atoms with Gasteiger partial charge in [0.2, 0.25) is 23.6 Å². The number of rotatable bonds is 4. The van der Waals surface area contributed by atoms with Gasteiger partial charge in [-0.25, -0.2) is 4.90 Å². The van der Waals surface area contributed by atoms with E-state index in [4.69, 9.17) is 0 Å². The summed E-state index contributed by atoms with van der Waals surface area (Å²) in [6, 6.07) is 22.0. The minimum atomic E-state index is -1.13. The van der Waals surface area contributed by atoms with Crippen molar-refractivity contribution < 1.29 is 29.1 Å². The topological polar surface area (TPSA) is 112 Å². The summed E-state index contributed by atoms with van der Waals surface area (Å²) in [5, 5.41) is 10.0. The predicted molar refractivity (Wildman–Crippen MR) is 158 cm³/mol. The van der Waals surface area contributed by atoms with Gasteiger partial charge in [0.15, 0.2) is 5.78 Å². The molecule has 3 aromatic carbocycles. The van der Waals surface area contributed by atoms with Gasteiger partial charge in [-0.3, -0.25) is 28.9 Å². The van der Waals surface area contributed by atoms with Gasteiger partial charge in [-0.05, 0) is 86.7 Å². The number of hydrogen-bond acceptors (Lipinski definition) is 6. The smallest absolute Gasteiger partial charge is 0.241 e. The lowest BCUT2D eigenvalue weighted by Crippen LogP contribution is -2.48. The maximum absolute atomic E-state index is 14.3. The standard InChI is InChI=1S/C35H30N2O6/c1-19(38)20-8-12-23(13-9-20)36-31(40)26-17-16-25-27(29(26)33(36)42)18-28-32(41)37(22-6-4-3-5-7-22)34(43)35(28,2)30(25)21-10-14-24(39)15-11-21/h3-16,26-30,39H,17-18H2,1-2H3/t26-,27+,28-,29-,30-,35+/m0/s1. The minimum absolute atomic E-state index is 0.0817. The Balaban J connectivity index is 1.33. The van der Waals surface area contributed by atoms with E-state index in [9.17, 15) is 29.1 Å². The lowest BCUT2D eigenvalue weighted by atomic mass is 9.51. The summed E-state index contributed by atoms with van der Waals surface area (Å²) in [4.78, 5) is 70.6. The zero-order valence-electron chi connectivity index (χ0n) is 23.8. The molecule has 216 valence electrons. The first-order valence-electron chi connectivity index (χ1n) is 14.5. The van der Waals surface area contributed by atoms with E-state index in [-0.39, 0.29) is 41.6 Å². The van der Waals surface area contributed by atoms with E-state index in [1.807, 2.05) is 19.1 Å². The van der Waals surface area contributed by atoms with Crippen molar-refractivity contribution in [2.45, 2.75) is 32.6 Å². The molecule has 0 spiro atoms. The number of fused-ring (bicyclic) bond motifs is 4. The van der Waals surface area contributed by atoms with Crippen LogP contribution < -0.4 is 9.80 Å². The van der Waals surface area contributed by atoms with Crippen LogP contribution in [0.1, 0.15) is 48.5 Å². The van der Waals surface area contributed by atoms with Crippen molar-refractivity contribution in [1.29, 1.82) is 0 Å². The molecule has 0 unspecified atom stereocenters. The number of allylic oxidation sites excluding steroid dienone is 2. The third kappa shape index (κ3) is 3.78. The van der Waals surface area contributed by atoms with Crippen LogP contribution in [0.15, 0.2) is 90.5 Å². The number of amides is 4. The van der Waals surface area contributed by atoms with Crippen LogP contribution >= 0.6 is 0 Å². The van der Waals surface area contributed by atoms with Gasteiger partial charge >= 0.3 is 0 Å². The zero-order chi connectivity index (χ0) is 30.2. The summed E-state index contributed by atoms with van der Waals surface area (Å²) in [5.41, 5.74) is 1.92. The highest BCUT2D eigenvalue weighted by atomic mass is 16.3. The highest BCUT2D eigenvalue weighted by Gasteiger charge is 2.67. The van der Waals surface area contributed by atoms with Crippen molar-refractivity contribution in [3.05, 3.63) is 102 Å². The first-order chi connectivity index (χ1) is 20.6. The summed E-state index contributed by atoms with van der Waals surface area (Å²) < 4.78 is 0. The molecule has 43 heavy (non-hydrogen) atoms. The second kappa shape index (κ2) is 9.59. The molecule has 0 radical (unpaired) electrons. The zero-order valence-corrected chi connectivity index (χ0v) is 23.8. The predicted octanol–water partition coefficient (Wildman–Crippen LogP) is 5.03. The molecule has 2 saturated heterocycles. The Kier molecular flexibility index (Phi) is 6.02. The van der Waals surface area contributed by atoms with Crippen LogP contribution in [0.2, 0.25) is 0 Å². The summed E-state index contributed by atoms with van der Waals surface area (Å²) in [6.07, 6.45) is 2.60.